The molecule has 1 aromatic rings. The van der Waals surface area contributed by atoms with Crippen LogP contribution in [0.2, 0.25) is 0 Å². The second kappa shape index (κ2) is 5.78. The van der Waals surface area contributed by atoms with Gasteiger partial charge in [0.2, 0.25) is 0 Å². The van der Waals surface area contributed by atoms with Crippen molar-refractivity contribution in [2.75, 3.05) is 19.0 Å². The number of hydrogen-bond donors (Lipinski definition) is 0. The van der Waals surface area contributed by atoms with Gasteiger partial charge in [-0.05, 0) is 36.2 Å². The molecule has 0 bridgehead atoms. The van der Waals surface area contributed by atoms with Gasteiger partial charge in [-0.1, -0.05) is 0 Å². The van der Waals surface area contributed by atoms with E-state index >= 15 is 0 Å². The molecule has 0 radical (unpaired) electrons. The Kier molecular flexibility index (Phi) is 4.10. The third kappa shape index (κ3) is 3.04. The molecular formula is C12H12FNO2S. The van der Waals surface area contributed by atoms with Gasteiger partial charge in [-0.15, -0.1) is 0 Å². The summed E-state index contributed by atoms with van der Waals surface area (Å²) in [6, 6.07) is 3.07. The Labute approximate surface area is 104 Å². The quantitative estimate of drug-likeness (QED) is 0.611. The molecule has 1 aromatic carbocycles. The summed E-state index contributed by atoms with van der Waals surface area (Å²) < 4.78 is 24.4. The first-order valence-electron chi connectivity index (χ1n) is 5.40. The summed E-state index contributed by atoms with van der Waals surface area (Å²) >= 11 is 1.19. The van der Waals surface area contributed by atoms with Gasteiger partial charge in [0.25, 0.3) is 0 Å². The van der Waals surface area contributed by atoms with Gasteiger partial charge < -0.3 is 9.47 Å². The second-order valence-corrected chi connectivity index (χ2v) is 4.51. The van der Waals surface area contributed by atoms with E-state index in [9.17, 15) is 4.39 Å². The predicted molar refractivity (Wildman–Crippen MR) is 63.8 cm³/mol. The van der Waals surface area contributed by atoms with Crippen LogP contribution in [-0.2, 0) is 6.42 Å². The van der Waals surface area contributed by atoms with E-state index in [-0.39, 0.29) is 5.82 Å². The van der Waals surface area contributed by atoms with Crippen LogP contribution >= 0.6 is 11.8 Å². The molecule has 0 aromatic heterocycles. The first-order valence-corrected chi connectivity index (χ1v) is 6.38. The Morgan fingerprint density at radius 1 is 1.29 bits per heavy atom. The van der Waals surface area contributed by atoms with E-state index in [0.717, 1.165) is 6.42 Å². The van der Waals surface area contributed by atoms with Gasteiger partial charge in [-0.2, -0.15) is 5.26 Å². The summed E-state index contributed by atoms with van der Waals surface area (Å²) in [5.41, 5.74) is 0.618. The molecule has 1 heterocycles. The van der Waals surface area contributed by atoms with E-state index in [4.69, 9.17) is 14.7 Å². The average molecular weight is 253 g/mol. The van der Waals surface area contributed by atoms with Crippen LogP contribution in [0.25, 0.3) is 0 Å². The molecule has 1 aliphatic rings. The summed E-state index contributed by atoms with van der Waals surface area (Å²) in [6.07, 6.45) is 1.38. The molecule has 17 heavy (non-hydrogen) atoms. The van der Waals surface area contributed by atoms with Crippen molar-refractivity contribution >= 4 is 11.8 Å². The van der Waals surface area contributed by atoms with Crippen molar-refractivity contribution < 1.29 is 13.9 Å². The Balaban J connectivity index is 2.04. The van der Waals surface area contributed by atoms with Crippen LogP contribution in [0.5, 0.6) is 11.5 Å². The summed E-state index contributed by atoms with van der Waals surface area (Å²) in [7, 11) is 0. The minimum Gasteiger partial charge on any atom is -0.486 e. The molecule has 0 saturated heterocycles. The van der Waals surface area contributed by atoms with Crippen molar-refractivity contribution in [3.63, 3.8) is 0 Å². The highest BCUT2D eigenvalue weighted by atomic mass is 32.2. The lowest BCUT2D eigenvalue weighted by Gasteiger charge is -2.19. The first-order chi connectivity index (χ1) is 8.31. The van der Waals surface area contributed by atoms with Crippen LogP contribution in [-0.4, -0.2) is 19.0 Å². The summed E-state index contributed by atoms with van der Waals surface area (Å²) in [4.78, 5) is 0. The van der Waals surface area contributed by atoms with E-state index in [0.29, 0.717) is 42.4 Å². The van der Waals surface area contributed by atoms with Gasteiger partial charge in [0.05, 0.1) is 0 Å². The first kappa shape index (κ1) is 12.1. The molecule has 0 atom stereocenters. The van der Waals surface area contributed by atoms with Crippen molar-refractivity contribution in [1.82, 2.24) is 0 Å². The third-order valence-electron chi connectivity index (χ3n) is 2.47. The van der Waals surface area contributed by atoms with Gasteiger partial charge in [-0.3, -0.25) is 0 Å². The van der Waals surface area contributed by atoms with Crippen LogP contribution in [0.1, 0.15) is 12.0 Å². The zero-order valence-electron chi connectivity index (χ0n) is 9.24. The largest absolute Gasteiger partial charge is 0.486 e. The van der Waals surface area contributed by atoms with E-state index in [1.165, 1.54) is 17.8 Å². The van der Waals surface area contributed by atoms with Crippen molar-refractivity contribution in [3.05, 3.63) is 23.5 Å². The number of hydrogen-bond acceptors (Lipinski definition) is 4. The lowest BCUT2D eigenvalue weighted by Crippen LogP contribution is -2.16. The van der Waals surface area contributed by atoms with Crippen LogP contribution in [0.15, 0.2) is 12.1 Å². The standard InChI is InChI=1S/C12H12FNO2S/c13-10-7-12-11(15-3-4-16-12)6-9(10)2-1-5-17-8-14/h6-7H,1-5H2. The molecule has 5 heteroatoms. The van der Waals surface area contributed by atoms with Crippen molar-refractivity contribution in [3.8, 4) is 16.9 Å². The van der Waals surface area contributed by atoms with E-state index < -0.39 is 0 Å². The van der Waals surface area contributed by atoms with E-state index in [2.05, 4.69) is 0 Å². The number of ether oxygens (including phenoxy) is 2. The second-order valence-electron chi connectivity index (χ2n) is 3.63. The lowest BCUT2D eigenvalue weighted by atomic mass is 10.1. The Hall–Kier alpha value is -1.41. The minimum absolute atomic E-state index is 0.267. The van der Waals surface area contributed by atoms with E-state index in [1.807, 2.05) is 5.40 Å². The van der Waals surface area contributed by atoms with E-state index in [1.54, 1.807) is 6.07 Å². The van der Waals surface area contributed by atoms with Gasteiger partial charge >= 0.3 is 0 Å². The number of fused-ring (bicyclic) bond motifs is 1. The lowest BCUT2D eigenvalue weighted by molar-refractivity contribution is 0.170. The van der Waals surface area contributed by atoms with Crippen LogP contribution < -0.4 is 9.47 Å². The SMILES string of the molecule is N#CSCCCc1cc2c(cc1F)OCCO2. The molecule has 90 valence electrons. The zero-order chi connectivity index (χ0) is 12.1. The Morgan fingerprint density at radius 2 is 2.00 bits per heavy atom. The van der Waals surface area contributed by atoms with Crippen LogP contribution in [0, 0.1) is 16.5 Å². The van der Waals surface area contributed by atoms with Gasteiger partial charge in [0.1, 0.15) is 24.4 Å². The molecule has 0 amide bonds. The number of thioether (sulfide) groups is 1. The van der Waals surface area contributed by atoms with Crippen LogP contribution in [0.4, 0.5) is 4.39 Å². The summed E-state index contributed by atoms with van der Waals surface area (Å²) in [6.45, 7) is 0.965. The maximum atomic E-state index is 13.7. The normalized spacial score (nSPS) is 13.2. The summed E-state index contributed by atoms with van der Waals surface area (Å²) in [5.74, 6) is 1.53. The number of rotatable bonds is 4. The third-order valence-corrected chi connectivity index (χ3v) is 3.09. The summed E-state index contributed by atoms with van der Waals surface area (Å²) in [5, 5.41) is 10.4. The number of nitriles is 1. The molecule has 2 rings (SSSR count). The van der Waals surface area contributed by atoms with Crippen LogP contribution in [0.3, 0.4) is 0 Å². The van der Waals surface area contributed by atoms with Crippen molar-refractivity contribution in [1.29, 1.82) is 5.26 Å². The highest BCUT2D eigenvalue weighted by molar-refractivity contribution is 8.03. The number of nitrogens with zero attached hydrogens (tertiary/aromatic N) is 1. The highest BCUT2D eigenvalue weighted by Crippen LogP contribution is 2.33. The number of benzene rings is 1. The topological polar surface area (TPSA) is 42.2 Å². The zero-order valence-corrected chi connectivity index (χ0v) is 10.1. The molecule has 0 fully saturated rings. The fourth-order valence-electron chi connectivity index (χ4n) is 1.68. The molecule has 0 spiro atoms. The van der Waals surface area contributed by atoms with Crippen molar-refractivity contribution in [2.24, 2.45) is 0 Å². The fraction of sp³-hybridized carbons (Fsp3) is 0.417. The molecule has 1 aliphatic heterocycles. The molecule has 0 unspecified atom stereocenters. The Morgan fingerprint density at radius 3 is 2.71 bits per heavy atom. The molecule has 0 aliphatic carbocycles. The van der Waals surface area contributed by atoms with Gasteiger partial charge in [-0.25, -0.2) is 4.39 Å². The minimum atomic E-state index is -0.267. The maximum absolute atomic E-state index is 13.7. The maximum Gasteiger partial charge on any atom is 0.164 e. The number of thiocyanates is 1. The van der Waals surface area contributed by atoms with Crippen molar-refractivity contribution in [2.45, 2.75) is 12.8 Å². The number of aryl methyl sites for hydroxylation is 1. The van der Waals surface area contributed by atoms with Gasteiger partial charge in [0.15, 0.2) is 11.5 Å². The molecule has 0 N–H and O–H groups in total. The highest BCUT2D eigenvalue weighted by Gasteiger charge is 2.15. The molecule has 0 saturated carbocycles. The monoisotopic (exact) mass is 253 g/mol. The smallest absolute Gasteiger partial charge is 0.164 e. The molecule has 3 nitrogen and oxygen atoms in total. The average Bonchev–Trinajstić information content (AvgIpc) is 2.35. The Bertz CT molecular complexity index is 445. The number of halogens is 1. The fourth-order valence-corrected chi connectivity index (χ4v) is 2.06. The molecular weight excluding hydrogens is 241 g/mol. The predicted octanol–water partition coefficient (Wildman–Crippen LogP) is 2.74. The van der Waals surface area contributed by atoms with Gasteiger partial charge in [0, 0.05) is 11.8 Å².